The number of hydrogen-bond acceptors (Lipinski definition) is 11. The third kappa shape index (κ3) is 9.00. The van der Waals surface area contributed by atoms with Crippen LogP contribution < -0.4 is 10.7 Å². The van der Waals surface area contributed by atoms with Crippen LogP contribution >= 0.6 is 0 Å². The molecule has 4 fully saturated rings. The number of pyridine rings is 1. The van der Waals surface area contributed by atoms with Crippen LogP contribution in [0, 0.1) is 28.6 Å². The predicted molar refractivity (Wildman–Crippen MR) is 266 cm³/mol. The number of methoxy groups -OCH3 is 1. The Morgan fingerprint density at radius 2 is 1.77 bits per heavy atom. The molecule has 7 heterocycles. The Morgan fingerprint density at radius 3 is 2.56 bits per heavy atom. The van der Waals surface area contributed by atoms with E-state index in [2.05, 4.69) is 89.3 Å². The number of carbonyl (C=O) groups excluding carboxylic acids is 5. The number of nitrogens with one attached hydrogen (secondary N) is 2. The Labute approximate surface area is 415 Å². The highest BCUT2D eigenvalue weighted by Crippen LogP contribution is 2.57. The minimum Gasteiger partial charge on any atom is -0.464 e. The maximum atomic E-state index is 14.9. The summed E-state index contributed by atoms with van der Waals surface area (Å²) in [6.07, 6.45) is 3.50. The van der Waals surface area contributed by atoms with Crippen molar-refractivity contribution in [2.24, 2.45) is 23.8 Å². The molecule has 6 aliphatic rings. The van der Waals surface area contributed by atoms with E-state index in [1.54, 1.807) is 23.1 Å². The van der Waals surface area contributed by atoms with Crippen LogP contribution in [-0.2, 0) is 51.7 Å². The minimum absolute atomic E-state index is 0.0752. The number of amides is 4. The molecule has 4 aromatic rings. The predicted octanol–water partition coefficient (Wildman–Crippen LogP) is 4.61. The van der Waals surface area contributed by atoms with E-state index in [4.69, 9.17) is 19.2 Å². The fourth-order valence-electron chi connectivity index (χ4n) is 12.2. The lowest BCUT2D eigenvalue weighted by atomic mass is 9.67. The largest absolute Gasteiger partial charge is 0.464 e. The molecule has 0 radical (unpaired) electrons. The second-order valence-electron chi connectivity index (χ2n) is 21.4. The van der Waals surface area contributed by atoms with Gasteiger partial charge in [-0.25, -0.2) is 5.43 Å². The molecule has 4 amide bonds. The number of cyclic esters (lactones) is 1. The molecule has 1 spiro atoms. The average molecular weight is 967 g/mol. The molecule has 6 bridgehead atoms. The van der Waals surface area contributed by atoms with Gasteiger partial charge in [-0.3, -0.25) is 38.9 Å². The van der Waals surface area contributed by atoms with Crippen LogP contribution in [0.4, 0.5) is 0 Å². The Hall–Kier alpha value is -6.12. The lowest BCUT2D eigenvalue weighted by Crippen LogP contribution is -2.62. The number of hydrazine groups is 1. The van der Waals surface area contributed by atoms with Crippen LogP contribution in [0.2, 0.25) is 0 Å². The SMILES string of the molecule is CO[C@@H]1c2ncccc2-c2c3c4cc(ccc4n2C)-c2cccc(c2)CC(NC(=O)[C@H](C(C)C)N2CCC4(CCN(C(=O)C#CCN5CCOCC5)C4)C2=O)C(=O)N2CCC[C@H](N2)C(=O)OCC(C)(C)C31. The van der Waals surface area contributed by atoms with Gasteiger partial charge < -0.3 is 33.9 Å². The second-order valence-corrected chi connectivity index (χ2v) is 21.4. The maximum Gasteiger partial charge on any atom is 0.324 e. The summed E-state index contributed by atoms with van der Waals surface area (Å²) >= 11 is 0. The summed E-state index contributed by atoms with van der Waals surface area (Å²) in [5.41, 5.74) is 9.52. The fraction of sp³-hybridized carbons (Fsp3) is 0.527. The number of esters is 1. The summed E-state index contributed by atoms with van der Waals surface area (Å²) in [7, 11) is 3.79. The van der Waals surface area contributed by atoms with Crippen molar-refractivity contribution in [3.05, 3.63) is 77.6 Å². The highest BCUT2D eigenvalue weighted by Gasteiger charge is 2.54. The number of aryl methyl sites for hydroxylation is 1. The van der Waals surface area contributed by atoms with Gasteiger partial charge in [-0.05, 0) is 84.0 Å². The number of rotatable bonds is 6. The number of carbonyl (C=O) groups is 5. The number of aromatic nitrogens is 2. The molecule has 16 nitrogen and oxygen atoms in total. The smallest absolute Gasteiger partial charge is 0.324 e. The summed E-state index contributed by atoms with van der Waals surface area (Å²) in [5, 5.41) is 5.64. The zero-order valence-corrected chi connectivity index (χ0v) is 41.8. The van der Waals surface area contributed by atoms with Crippen molar-refractivity contribution < 1.29 is 38.2 Å². The highest BCUT2D eigenvalue weighted by atomic mass is 16.5. The van der Waals surface area contributed by atoms with Crippen molar-refractivity contribution in [2.75, 3.05) is 72.7 Å². The number of fused-ring (bicyclic) bond motifs is 8. The van der Waals surface area contributed by atoms with Crippen LogP contribution in [0.15, 0.2) is 60.8 Å². The van der Waals surface area contributed by atoms with Gasteiger partial charge >= 0.3 is 5.97 Å². The van der Waals surface area contributed by atoms with Gasteiger partial charge in [0.2, 0.25) is 11.8 Å². The highest BCUT2D eigenvalue weighted by molar-refractivity contribution is 5.98. The standard InChI is InChI=1S/C55H66N8O8/c1-34(2)47(62-24-19-55(53(62)68)18-23-61(32-55)43(64)15-10-21-60-25-27-70-28-26-60)50(65)57-41-30-35-11-7-12-36(29-35)37-16-17-42-39(31-37)44-45(49(69-6)46-38(13-8-20-56-46)48(44)59(42)5)54(3,4)33-71-52(67)40-14-9-22-63(58-40)51(41)66/h7-8,11-13,16-17,20,29,31,34,40-41,45,47,49,58H,9,14,18-19,21-28,30,32-33H2,1-6H3,(H,57,65)/t40-,41?,45?,47-,49-,55?/m0/s1. The summed E-state index contributed by atoms with van der Waals surface area (Å²) in [5.74, 6) is 3.50. The molecule has 3 unspecified atom stereocenters. The van der Waals surface area contributed by atoms with Crippen LogP contribution in [0.25, 0.3) is 33.3 Å². The molecular formula is C55H66N8O8. The van der Waals surface area contributed by atoms with E-state index in [9.17, 15) is 24.0 Å². The molecular weight excluding hydrogens is 901 g/mol. The number of hydrogen-bond donors (Lipinski definition) is 2. The first-order valence-corrected chi connectivity index (χ1v) is 25.3. The first-order valence-electron chi connectivity index (χ1n) is 25.3. The van der Waals surface area contributed by atoms with Crippen molar-refractivity contribution in [3.63, 3.8) is 0 Å². The van der Waals surface area contributed by atoms with Crippen molar-refractivity contribution in [2.45, 2.75) is 89.9 Å². The summed E-state index contributed by atoms with van der Waals surface area (Å²) < 4.78 is 20.2. The van der Waals surface area contributed by atoms with Crippen LogP contribution in [-0.4, -0.2) is 150 Å². The van der Waals surface area contributed by atoms with Gasteiger partial charge in [0.1, 0.15) is 24.2 Å². The lowest BCUT2D eigenvalue weighted by molar-refractivity contribution is -0.156. The second kappa shape index (κ2) is 19.5. The quantitative estimate of drug-likeness (QED) is 0.205. The van der Waals surface area contributed by atoms with Crippen molar-refractivity contribution in [1.29, 1.82) is 0 Å². The Bertz CT molecular complexity index is 2820. The third-order valence-electron chi connectivity index (χ3n) is 16.0. The zero-order chi connectivity index (χ0) is 49.8. The molecule has 16 heteroatoms. The first-order chi connectivity index (χ1) is 34.2. The minimum atomic E-state index is -1.05. The van der Waals surface area contributed by atoms with E-state index in [1.807, 2.05) is 32.0 Å². The number of ether oxygens (including phenoxy) is 3. The van der Waals surface area contributed by atoms with E-state index in [-0.39, 0.29) is 43.2 Å². The van der Waals surface area contributed by atoms with Gasteiger partial charge in [0.15, 0.2) is 0 Å². The number of nitrogens with zero attached hydrogens (tertiary/aromatic N) is 6. The van der Waals surface area contributed by atoms with Crippen LogP contribution in [0.3, 0.4) is 0 Å². The number of benzene rings is 2. The summed E-state index contributed by atoms with van der Waals surface area (Å²) in [4.78, 5) is 82.1. The normalized spacial score (nSPS) is 26.0. The van der Waals surface area contributed by atoms with E-state index < -0.39 is 52.8 Å². The average Bonchev–Trinajstić information content (AvgIpc) is 4.05. The number of likely N-dealkylation sites (tertiary alicyclic amines) is 2. The van der Waals surface area contributed by atoms with Crippen LogP contribution in [0.5, 0.6) is 0 Å². The van der Waals surface area contributed by atoms with Crippen molar-refractivity contribution in [1.82, 2.24) is 40.0 Å². The summed E-state index contributed by atoms with van der Waals surface area (Å²) in [6.45, 7) is 12.8. The Morgan fingerprint density at radius 1 is 0.986 bits per heavy atom. The molecule has 374 valence electrons. The number of morpholine rings is 1. The van der Waals surface area contributed by atoms with Gasteiger partial charge in [0.25, 0.3) is 11.8 Å². The molecule has 2 aromatic carbocycles. The molecule has 2 N–H and O–H groups in total. The third-order valence-corrected chi connectivity index (χ3v) is 16.0. The molecule has 1 aliphatic carbocycles. The van der Waals surface area contributed by atoms with Crippen molar-refractivity contribution >= 4 is 40.5 Å². The monoisotopic (exact) mass is 967 g/mol. The lowest BCUT2D eigenvalue weighted by Gasteiger charge is -2.42. The zero-order valence-electron chi connectivity index (χ0n) is 41.8. The van der Waals surface area contributed by atoms with E-state index in [0.717, 1.165) is 63.2 Å². The van der Waals surface area contributed by atoms with Gasteiger partial charge in [-0.15, -0.1) is 0 Å². The molecule has 2 aromatic heterocycles. The van der Waals surface area contributed by atoms with Gasteiger partial charge in [-0.1, -0.05) is 63.9 Å². The molecule has 6 atom stereocenters. The Balaban J connectivity index is 0.953. The summed E-state index contributed by atoms with van der Waals surface area (Å²) in [6, 6.07) is 15.8. The van der Waals surface area contributed by atoms with Crippen LogP contribution in [0.1, 0.15) is 82.2 Å². The van der Waals surface area contributed by atoms with E-state index in [0.29, 0.717) is 65.1 Å². The van der Waals surface area contributed by atoms with E-state index in [1.165, 1.54) is 5.01 Å². The van der Waals surface area contributed by atoms with E-state index >= 15 is 0 Å². The van der Waals surface area contributed by atoms with Gasteiger partial charge in [0, 0.05) is 93.8 Å². The molecule has 0 saturated carbocycles. The van der Waals surface area contributed by atoms with Crippen molar-refractivity contribution in [3.8, 4) is 34.2 Å². The topological polar surface area (TPSA) is 168 Å². The molecule has 4 saturated heterocycles. The fourth-order valence-corrected chi connectivity index (χ4v) is 12.2. The Kier molecular flexibility index (Phi) is 13.3. The van der Waals surface area contributed by atoms with Gasteiger partial charge in [-0.2, -0.15) is 0 Å². The maximum absolute atomic E-state index is 14.9. The van der Waals surface area contributed by atoms with Gasteiger partial charge in [0.05, 0.1) is 43.2 Å². The first kappa shape index (κ1) is 48.5. The molecule has 5 aliphatic heterocycles. The molecule has 71 heavy (non-hydrogen) atoms. The molecule has 10 rings (SSSR count).